The van der Waals surface area contributed by atoms with Gasteiger partial charge in [-0.05, 0) is 24.5 Å². The largest absolute Gasteiger partial charge is 0.388 e. The summed E-state index contributed by atoms with van der Waals surface area (Å²) in [7, 11) is 0. The lowest BCUT2D eigenvalue weighted by Crippen LogP contribution is -2.04. The number of carbonyl (C=O) groups excluding carboxylic acids is 1. The average Bonchev–Trinajstić information content (AvgIpc) is 2.56. The lowest BCUT2D eigenvalue weighted by molar-refractivity contribution is 0.0903. The fourth-order valence-corrected chi connectivity index (χ4v) is 2.81. The van der Waals surface area contributed by atoms with Crippen molar-refractivity contribution < 1.29 is 9.90 Å². The van der Waals surface area contributed by atoms with E-state index in [2.05, 4.69) is 13.0 Å². The van der Waals surface area contributed by atoms with E-state index >= 15 is 0 Å². The van der Waals surface area contributed by atoms with Gasteiger partial charge in [0, 0.05) is 5.56 Å². The molecule has 1 aromatic rings. The van der Waals surface area contributed by atoms with Gasteiger partial charge in [0.2, 0.25) is 0 Å². The lowest BCUT2D eigenvalue weighted by Gasteiger charge is -2.05. The second-order valence-electron chi connectivity index (χ2n) is 6.21. The maximum atomic E-state index is 11.5. The zero-order chi connectivity index (χ0) is 16.0. The van der Waals surface area contributed by atoms with Crippen molar-refractivity contribution in [1.82, 2.24) is 0 Å². The van der Waals surface area contributed by atoms with E-state index in [0.29, 0.717) is 5.56 Å². The fourth-order valence-electron chi connectivity index (χ4n) is 2.81. The van der Waals surface area contributed by atoms with E-state index in [-0.39, 0.29) is 5.78 Å². The quantitative estimate of drug-likeness (QED) is 0.395. The molecule has 2 heteroatoms. The molecular formula is C20H32O2. The second-order valence-corrected chi connectivity index (χ2v) is 6.21. The Kier molecular flexibility index (Phi) is 10.7. The number of hydrogen-bond donors (Lipinski definition) is 1. The Morgan fingerprint density at radius 3 is 2.09 bits per heavy atom. The SMILES string of the molecule is CCCCCCCCCCCCc1cccc(C(=O)CO)c1. The first-order valence-corrected chi connectivity index (χ1v) is 9.01. The van der Waals surface area contributed by atoms with Crippen LogP contribution in [0.4, 0.5) is 0 Å². The van der Waals surface area contributed by atoms with Gasteiger partial charge in [0.1, 0.15) is 6.61 Å². The van der Waals surface area contributed by atoms with Gasteiger partial charge in [0.15, 0.2) is 5.78 Å². The summed E-state index contributed by atoms with van der Waals surface area (Å²) < 4.78 is 0. The highest BCUT2D eigenvalue weighted by molar-refractivity contribution is 5.97. The maximum Gasteiger partial charge on any atom is 0.188 e. The van der Waals surface area contributed by atoms with Gasteiger partial charge in [-0.25, -0.2) is 0 Å². The minimum atomic E-state index is -0.401. The normalized spacial score (nSPS) is 10.8. The maximum absolute atomic E-state index is 11.5. The third-order valence-electron chi connectivity index (χ3n) is 4.21. The molecule has 0 bridgehead atoms. The van der Waals surface area contributed by atoms with Gasteiger partial charge in [-0.2, -0.15) is 0 Å². The van der Waals surface area contributed by atoms with Crippen LogP contribution in [0, 0.1) is 0 Å². The second kappa shape index (κ2) is 12.4. The summed E-state index contributed by atoms with van der Waals surface area (Å²) >= 11 is 0. The zero-order valence-corrected chi connectivity index (χ0v) is 14.2. The van der Waals surface area contributed by atoms with Gasteiger partial charge in [0.05, 0.1) is 0 Å². The van der Waals surface area contributed by atoms with Crippen molar-refractivity contribution in [2.24, 2.45) is 0 Å². The topological polar surface area (TPSA) is 37.3 Å². The van der Waals surface area contributed by atoms with Crippen LogP contribution < -0.4 is 0 Å². The van der Waals surface area contributed by atoms with Crippen LogP contribution >= 0.6 is 0 Å². The van der Waals surface area contributed by atoms with Gasteiger partial charge < -0.3 is 5.11 Å². The fraction of sp³-hybridized carbons (Fsp3) is 0.650. The molecule has 0 unspecified atom stereocenters. The summed E-state index contributed by atoms with van der Waals surface area (Å²) in [4.78, 5) is 11.5. The van der Waals surface area contributed by atoms with E-state index in [1.165, 1.54) is 69.8 Å². The van der Waals surface area contributed by atoms with Gasteiger partial charge in [-0.3, -0.25) is 4.79 Å². The summed E-state index contributed by atoms with van der Waals surface area (Å²) in [5.74, 6) is -0.190. The minimum Gasteiger partial charge on any atom is -0.388 e. The molecule has 0 saturated heterocycles. The molecular weight excluding hydrogens is 272 g/mol. The Morgan fingerprint density at radius 1 is 0.909 bits per heavy atom. The van der Waals surface area contributed by atoms with Crippen LogP contribution in [-0.4, -0.2) is 17.5 Å². The lowest BCUT2D eigenvalue weighted by atomic mass is 10.0. The molecule has 0 aromatic heterocycles. The van der Waals surface area contributed by atoms with Gasteiger partial charge in [-0.15, -0.1) is 0 Å². The van der Waals surface area contributed by atoms with Crippen molar-refractivity contribution in [3.05, 3.63) is 35.4 Å². The summed E-state index contributed by atoms with van der Waals surface area (Å²) in [6, 6.07) is 7.68. The molecule has 0 aliphatic heterocycles. The number of aliphatic hydroxyl groups is 1. The summed E-state index contributed by atoms with van der Waals surface area (Å²) in [5.41, 5.74) is 1.84. The van der Waals surface area contributed by atoms with Crippen molar-refractivity contribution in [2.75, 3.05) is 6.61 Å². The first kappa shape index (κ1) is 18.9. The number of hydrogen-bond acceptors (Lipinski definition) is 2. The predicted molar refractivity (Wildman–Crippen MR) is 93.4 cm³/mol. The van der Waals surface area contributed by atoms with Gasteiger partial charge >= 0.3 is 0 Å². The van der Waals surface area contributed by atoms with Crippen LogP contribution in [0.5, 0.6) is 0 Å². The molecule has 1 rings (SSSR count). The van der Waals surface area contributed by atoms with Crippen molar-refractivity contribution in [1.29, 1.82) is 0 Å². The molecule has 0 spiro atoms. The number of aliphatic hydroxyl groups excluding tert-OH is 1. The molecule has 0 saturated carbocycles. The van der Waals surface area contributed by atoms with E-state index in [1.807, 2.05) is 12.1 Å². The summed E-state index contributed by atoms with van der Waals surface area (Å²) in [5, 5.41) is 8.89. The number of rotatable bonds is 13. The molecule has 0 aliphatic rings. The first-order chi connectivity index (χ1) is 10.8. The number of ketones is 1. The Labute approximate surface area is 135 Å². The van der Waals surface area contributed by atoms with E-state index < -0.39 is 6.61 Å². The summed E-state index contributed by atoms with van der Waals surface area (Å²) in [6.07, 6.45) is 14.5. The third kappa shape index (κ3) is 8.33. The molecule has 124 valence electrons. The molecule has 0 amide bonds. The smallest absolute Gasteiger partial charge is 0.188 e. The third-order valence-corrected chi connectivity index (χ3v) is 4.21. The van der Waals surface area contributed by atoms with E-state index in [9.17, 15) is 4.79 Å². The molecule has 0 fully saturated rings. The van der Waals surface area contributed by atoms with Gasteiger partial charge in [0.25, 0.3) is 0 Å². The van der Waals surface area contributed by atoms with Crippen molar-refractivity contribution in [3.8, 4) is 0 Å². The van der Waals surface area contributed by atoms with Crippen molar-refractivity contribution in [2.45, 2.75) is 77.6 Å². The highest BCUT2D eigenvalue weighted by Crippen LogP contribution is 2.13. The molecule has 1 N–H and O–H groups in total. The van der Waals surface area contributed by atoms with Crippen LogP contribution in [0.1, 0.15) is 87.1 Å². The number of Topliss-reactive ketones (excluding diaryl/α,β-unsaturated/α-hetero) is 1. The molecule has 0 heterocycles. The van der Waals surface area contributed by atoms with Crippen LogP contribution in [0.15, 0.2) is 24.3 Å². The molecule has 0 atom stereocenters. The highest BCUT2D eigenvalue weighted by Gasteiger charge is 2.04. The number of aryl methyl sites for hydroxylation is 1. The molecule has 0 aliphatic carbocycles. The molecule has 1 aromatic carbocycles. The number of unbranched alkanes of at least 4 members (excludes halogenated alkanes) is 9. The van der Waals surface area contributed by atoms with E-state index in [1.54, 1.807) is 6.07 Å². The Hall–Kier alpha value is -1.15. The van der Waals surface area contributed by atoms with Crippen molar-refractivity contribution in [3.63, 3.8) is 0 Å². The predicted octanol–water partition coefficient (Wildman–Crippen LogP) is 5.33. The van der Waals surface area contributed by atoms with Crippen LogP contribution in [-0.2, 0) is 6.42 Å². The van der Waals surface area contributed by atoms with Crippen LogP contribution in [0.3, 0.4) is 0 Å². The summed E-state index contributed by atoms with van der Waals surface area (Å²) in [6.45, 7) is 1.86. The average molecular weight is 304 g/mol. The molecule has 2 nitrogen and oxygen atoms in total. The van der Waals surface area contributed by atoms with E-state index in [0.717, 1.165) is 6.42 Å². The number of carbonyl (C=O) groups is 1. The first-order valence-electron chi connectivity index (χ1n) is 9.01. The zero-order valence-electron chi connectivity index (χ0n) is 14.2. The van der Waals surface area contributed by atoms with Gasteiger partial charge in [-0.1, -0.05) is 82.9 Å². The van der Waals surface area contributed by atoms with E-state index in [4.69, 9.17) is 5.11 Å². The van der Waals surface area contributed by atoms with Crippen LogP contribution in [0.25, 0.3) is 0 Å². The highest BCUT2D eigenvalue weighted by atomic mass is 16.3. The monoisotopic (exact) mass is 304 g/mol. The Morgan fingerprint density at radius 2 is 1.50 bits per heavy atom. The molecule has 22 heavy (non-hydrogen) atoms. The number of benzene rings is 1. The molecule has 0 radical (unpaired) electrons. The minimum absolute atomic E-state index is 0.190. The standard InChI is InChI=1S/C20H32O2/c1-2-3-4-5-6-7-8-9-10-11-13-18-14-12-15-19(16-18)20(22)17-21/h12,14-16,21H,2-11,13,17H2,1H3. The van der Waals surface area contributed by atoms with Crippen LogP contribution in [0.2, 0.25) is 0 Å². The Balaban J connectivity index is 2.06. The Bertz CT molecular complexity index is 412. The van der Waals surface area contributed by atoms with Crippen molar-refractivity contribution >= 4 is 5.78 Å².